The van der Waals surface area contributed by atoms with E-state index < -0.39 is 5.97 Å². The number of halogens is 1. The van der Waals surface area contributed by atoms with Gasteiger partial charge in [0.2, 0.25) is 0 Å². The highest BCUT2D eigenvalue weighted by Crippen LogP contribution is 2.15. The first-order valence-electron chi connectivity index (χ1n) is 9.11. The van der Waals surface area contributed by atoms with Gasteiger partial charge < -0.3 is 15.2 Å². The van der Waals surface area contributed by atoms with E-state index in [1.807, 2.05) is 23.1 Å². The molecule has 0 aliphatic carbocycles. The number of anilines is 1. The molecule has 3 rings (SSSR count). The van der Waals surface area contributed by atoms with Gasteiger partial charge in [-0.25, -0.2) is 14.6 Å². The van der Waals surface area contributed by atoms with Gasteiger partial charge in [0.1, 0.15) is 11.6 Å². The summed E-state index contributed by atoms with van der Waals surface area (Å²) in [5.41, 5.74) is 4.34. The molecule has 1 aromatic rings. The molecular weight excluding hydrogens is 370 g/mol. The van der Waals surface area contributed by atoms with Crippen molar-refractivity contribution in [2.24, 2.45) is 0 Å². The van der Waals surface area contributed by atoms with E-state index in [1.54, 1.807) is 17.5 Å². The van der Waals surface area contributed by atoms with Crippen LogP contribution in [0.15, 0.2) is 30.2 Å². The van der Waals surface area contributed by atoms with Crippen molar-refractivity contribution >= 4 is 30.0 Å². The van der Waals surface area contributed by atoms with Crippen LogP contribution >= 0.6 is 12.4 Å². The molecule has 8 nitrogen and oxygen atoms in total. The zero-order valence-corrected chi connectivity index (χ0v) is 16.1. The Labute approximate surface area is 165 Å². The van der Waals surface area contributed by atoms with E-state index in [4.69, 9.17) is 4.84 Å². The van der Waals surface area contributed by atoms with E-state index in [1.165, 1.54) is 6.42 Å². The first-order chi connectivity index (χ1) is 12.7. The molecule has 0 aromatic carbocycles. The summed E-state index contributed by atoms with van der Waals surface area (Å²) in [6.07, 6.45) is 6.82. The molecular formula is C18H26ClN5O3. The zero-order valence-electron chi connectivity index (χ0n) is 15.3. The number of carbonyl (C=O) groups excluding carboxylic acids is 2. The number of piperidine rings is 1. The quantitative estimate of drug-likeness (QED) is 0.719. The van der Waals surface area contributed by atoms with Crippen molar-refractivity contribution in [3.05, 3.63) is 30.2 Å². The SMILES string of the molecule is Cl.O=C=C(CC(=O)ON1CCN(c2ccncc2)CC1)NN1CCCCC1. The van der Waals surface area contributed by atoms with Crippen molar-refractivity contribution in [1.29, 1.82) is 0 Å². The number of piperazine rings is 1. The van der Waals surface area contributed by atoms with Crippen LogP contribution in [-0.2, 0) is 14.4 Å². The minimum Gasteiger partial charge on any atom is -0.369 e. The summed E-state index contributed by atoms with van der Waals surface area (Å²) in [6, 6.07) is 3.93. The first kappa shape index (κ1) is 21.2. The molecule has 0 amide bonds. The number of nitrogens with zero attached hydrogens (tertiary/aromatic N) is 4. The van der Waals surface area contributed by atoms with Crippen molar-refractivity contribution in [2.45, 2.75) is 25.7 Å². The molecule has 148 valence electrons. The average Bonchev–Trinajstić information content (AvgIpc) is 2.69. The molecule has 9 heteroatoms. The molecule has 2 aliphatic heterocycles. The Morgan fingerprint density at radius 1 is 1.07 bits per heavy atom. The molecule has 0 spiro atoms. The number of nitrogens with one attached hydrogen (secondary N) is 1. The monoisotopic (exact) mass is 395 g/mol. The van der Waals surface area contributed by atoms with Gasteiger partial charge in [-0.1, -0.05) is 6.42 Å². The minimum atomic E-state index is -0.440. The van der Waals surface area contributed by atoms with E-state index in [9.17, 15) is 9.59 Å². The van der Waals surface area contributed by atoms with Crippen LogP contribution < -0.4 is 10.3 Å². The summed E-state index contributed by atoms with van der Waals surface area (Å²) in [6.45, 7) is 4.51. The first-order valence-corrected chi connectivity index (χ1v) is 9.11. The van der Waals surface area contributed by atoms with Crippen LogP contribution in [0.25, 0.3) is 0 Å². The Morgan fingerprint density at radius 2 is 1.74 bits per heavy atom. The van der Waals surface area contributed by atoms with E-state index >= 15 is 0 Å². The lowest BCUT2D eigenvalue weighted by Gasteiger charge is -2.34. The molecule has 0 bridgehead atoms. The van der Waals surface area contributed by atoms with Crippen LogP contribution in [0, 0.1) is 0 Å². The minimum absolute atomic E-state index is 0. The lowest BCUT2D eigenvalue weighted by molar-refractivity contribution is -0.191. The van der Waals surface area contributed by atoms with Crippen LogP contribution in [0.3, 0.4) is 0 Å². The Morgan fingerprint density at radius 3 is 2.37 bits per heavy atom. The number of hydrogen-bond acceptors (Lipinski definition) is 8. The molecule has 0 atom stereocenters. The average molecular weight is 396 g/mol. The molecule has 1 N–H and O–H groups in total. The molecule has 1 aromatic heterocycles. The van der Waals surface area contributed by atoms with Gasteiger partial charge in [0.05, 0.1) is 19.5 Å². The molecule has 0 unspecified atom stereocenters. The molecule has 3 heterocycles. The second-order valence-electron chi connectivity index (χ2n) is 6.50. The van der Waals surface area contributed by atoms with Gasteiger partial charge in [0, 0.05) is 44.3 Å². The largest absolute Gasteiger partial charge is 0.369 e. The lowest BCUT2D eigenvalue weighted by Crippen LogP contribution is -2.47. The fraction of sp³-hybridized carbons (Fsp3) is 0.556. The summed E-state index contributed by atoms with van der Waals surface area (Å²) in [7, 11) is 0. The molecule has 2 aliphatic rings. The van der Waals surface area contributed by atoms with E-state index in [0.717, 1.165) is 44.7 Å². The predicted molar refractivity (Wildman–Crippen MR) is 104 cm³/mol. The van der Waals surface area contributed by atoms with Crippen LogP contribution in [0.1, 0.15) is 25.7 Å². The van der Waals surface area contributed by atoms with E-state index in [2.05, 4.69) is 15.3 Å². The Bertz CT molecular complexity index is 640. The summed E-state index contributed by atoms with van der Waals surface area (Å²) >= 11 is 0. The van der Waals surface area contributed by atoms with Crippen molar-refractivity contribution in [1.82, 2.24) is 20.5 Å². The third-order valence-corrected chi connectivity index (χ3v) is 4.59. The molecule has 0 saturated carbocycles. The highest BCUT2D eigenvalue weighted by atomic mass is 35.5. The van der Waals surface area contributed by atoms with Crippen molar-refractivity contribution in [3.8, 4) is 0 Å². The van der Waals surface area contributed by atoms with Crippen molar-refractivity contribution in [2.75, 3.05) is 44.2 Å². The Balaban J connectivity index is 0.00000261. The lowest BCUT2D eigenvalue weighted by atomic mass is 10.2. The number of aromatic nitrogens is 1. The molecule has 2 fully saturated rings. The highest BCUT2D eigenvalue weighted by molar-refractivity contribution is 5.85. The Hall–Kier alpha value is -2.12. The van der Waals surface area contributed by atoms with Crippen LogP contribution in [0.5, 0.6) is 0 Å². The molecule has 2 saturated heterocycles. The van der Waals surface area contributed by atoms with E-state index in [0.29, 0.717) is 13.1 Å². The number of hydrazine groups is 1. The van der Waals surface area contributed by atoms with Gasteiger partial charge in [-0.15, -0.1) is 17.5 Å². The third-order valence-electron chi connectivity index (χ3n) is 4.59. The van der Waals surface area contributed by atoms with Gasteiger partial charge >= 0.3 is 5.97 Å². The van der Waals surface area contributed by atoms with Gasteiger partial charge in [-0.3, -0.25) is 4.98 Å². The summed E-state index contributed by atoms with van der Waals surface area (Å²) < 4.78 is 0. The topological polar surface area (TPSA) is 78.0 Å². The number of carbonyl (C=O) groups is 1. The fourth-order valence-corrected chi connectivity index (χ4v) is 3.21. The van der Waals surface area contributed by atoms with Gasteiger partial charge in [-0.05, 0) is 25.0 Å². The van der Waals surface area contributed by atoms with E-state index in [-0.39, 0.29) is 24.5 Å². The van der Waals surface area contributed by atoms with Crippen LogP contribution in [0.4, 0.5) is 5.69 Å². The van der Waals surface area contributed by atoms with Gasteiger partial charge in [0.25, 0.3) is 0 Å². The Kier molecular flexibility index (Phi) is 8.54. The summed E-state index contributed by atoms with van der Waals surface area (Å²) in [5, 5.41) is 3.62. The highest BCUT2D eigenvalue weighted by Gasteiger charge is 2.22. The van der Waals surface area contributed by atoms with Crippen molar-refractivity contribution < 1.29 is 14.4 Å². The maximum Gasteiger partial charge on any atom is 0.331 e. The van der Waals surface area contributed by atoms with Crippen LogP contribution in [0.2, 0.25) is 0 Å². The third kappa shape index (κ3) is 6.52. The number of hydroxylamine groups is 2. The van der Waals surface area contributed by atoms with Gasteiger partial charge in [-0.2, -0.15) is 0 Å². The molecule has 27 heavy (non-hydrogen) atoms. The second-order valence-corrected chi connectivity index (χ2v) is 6.50. The fourth-order valence-electron chi connectivity index (χ4n) is 3.21. The maximum atomic E-state index is 12.1. The summed E-state index contributed by atoms with van der Waals surface area (Å²) in [4.78, 5) is 34.9. The normalized spacial score (nSPS) is 18.1. The smallest absolute Gasteiger partial charge is 0.331 e. The van der Waals surface area contributed by atoms with Gasteiger partial charge in [0.15, 0.2) is 0 Å². The predicted octanol–water partition coefficient (Wildman–Crippen LogP) is 1.18. The molecule has 0 radical (unpaired) electrons. The standard InChI is InChI=1S/C18H25N5O3.ClH/c24-15-16(20-22-8-2-1-3-9-22)14-18(25)26-23-12-10-21(11-13-23)17-4-6-19-7-5-17;/h4-7,20H,1-3,8-14H2;1H. The zero-order chi connectivity index (χ0) is 18.2. The summed E-state index contributed by atoms with van der Waals surface area (Å²) in [5.74, 6) is 1.39. The van der Waals surface area contributed by atoms with Crippen LogP contribution in [-0.4, -0.2) is 66.2 Å². The van der Waals surface area contributed by atoms with Crippen molar-refractivity contribution in [3.63, 3.8) is 0 Å². The number of pyridine rings is 1. The number of rotatable bonds is 6. The maximum absolute atomic E-state index is 12.1. The number of hydrogen-bond donors (Lipinski definition) is 1. The second kappa shape index (κ2) is 10.9.